The van der Waals surface area contributed by atoms with Crippen LogP contribution in [0.4, 0.5) is 0 Å². The molecule has 0 spiro atoms. The topological polar surface area (TPSA) is 77.3 Å². The second kappa shape index (κ2) is 13.0. The summed E-state index contributed by atoms with van der Waals surface area (Å²) in [4.78, 5) is 25.0. The van der Waals surface area contributed by atoms with Gasteiger partial charge in [-0.25, -0.2) is 5.56 Å². The van der Waals surface area contributed by atoms with Gasteiger partial charge in [-0.15, -0.1) is 48.0 Å². The Labute approximate surface area is 229 Å². The Morgan fingerprint density at radius 2 is 0.865 bits per heavy atom. The fourth-order valence-corrected chi connectivity index (χ4v) is 3.42. The fraction of sp³-hybridized carbons (Fsp3) is 0. The normalized spacial score (nSPS) is 9.95. The molecule has 0 N–H and O–H groups in total. The Balaban J connectivity index is 0.000000168. The van der Waals surface area contributed by atoms with E-state index in [1.54, 1.807) is 55.8 Å². The van der Waals surface area contributed by atoms with Crippen molar-refractivity contribution in [2.45, 2.75) is 0 Å². The van der Waals surface area contributed by atoms with Crippen molar-refractivity contribution in [3.63, 3.8) is 0 Å². The van der Waals surface area contributed by atoms with Gasteiger partial charge in [-0.2, -0.15) is 42.0 Å². The van der Waals surface area contributed by atoms with Crippen molar-refractivity contribution < 1.29 is 20.1 Å². The quantitative estimate of drug-likeness (QED) is 0.223. The minimum Gasteiger partial charge on any atom is -0.292 e. The molecule has 6 aromatic rings. The molecule has 0 atom stereocenters. The summed E-state index contributed by atoms with van der Waals surface area (Å²) in [5.41, 5.74) is 7.19. The van der Waals surface area contributed by atoms with E-state index < -0.39 is 0 Å². The van der Waals surface area contributed by atoms with Gasteiger partial charge in [0.2, 0.25) is 0 Å². The number of benzene rings is 3. The third-order valence-corrected chi connectivity index (χ3v) is 5.11. The van der Waals surface area contributed by atoms with Crippen LogP contribution in [-0.4, -0.2) is 29.9 Å². The molecule has 7 heteroatoms. The smallest absolute Gasteiger partial charge is 0.292 e. The van der Waals surface area contributed by atoms with E-state index in [1.165, 1.54) is 0 Å². The van der Waals surface area contributed by atoms with Crippen molar-refractivity contribution in [1.82, 2.24) is 29.9 Å². The van der Waals surface area contributed by atoms with E-state index in [0.717, 1.165) is 44.9 Å². The van der Waals surface area contributed by atoms with Crippen LogP contribution in [-0.2, 0) is 20.1 Å². The van der Waals surface area contributed by atoms with E-state index in [-0.39, 0.29) is 20.1 Å². The van der Waals surface area contributed by atoms with Crippen LogP contribution in [0.1, 0.15) is 0 Å². The van der Waals surface area contributed by atoms with Crippen molar-refractivity contribution in [3.05, 3.63) is 135 Å². The molecular weight excluding hydrogens is 637 g/mol. The van der Waals surface area contributed by atoms with Gasteiger partial charge in [-0.1, -0.05) is 11.1 Å². The van der Waals surface area contributed by atoms with Gasteiger partial charge in [0, 0.05) is 72.9 Å². The molecule has 0 saturated carbocycles. The van der Waals surface area contributed by atoms with Crippen molar-refractivity contribution in [2.75, 3.05) is 0 Å². The number of hydrogen-bond acceptors (Lipinski definition) is 6. The average molecular weight is 656 g/mol. The van der Waals surface area contributed by atoms with Crippen molar-refractivity contribution in [1.29, 1.82) is 0 Å². The molecule has 0 bridgehead atoms. The van der Waals surface area contributed by atoms with Gasteiger partial charge in [0.15, 0.2) is 0 Å². The molecular formula is C30H19IrN6. The zero-order valence-corrected chi connectivity index (χ0v) is 21.9. The summed E-state index contributed by atoms with van der Waals surface area (Å²) in [6, 6.07) is 29.5. The molecule has 0 unspecified atom stereocenters. The van der Waals surface area contributed by atoms with Crippen LogP contribution in [0, 0.1) is 18.2 Å². The molecule has 6 nitrogen and oxygen atoms in total. The number of hydrogen-bond donors (Lipinski definition) is 0. The van der Waals surface area contributed by atoms with Crippen LogP contribution in [0.3, 0.4) is 0 Å². The first-order valence-corrected chi connectivity index (χ1v) is 11.2. The van der Waals surface area contributed by atoms with Crippen LogP contribution < -0.4 is 0 Å². The van der Waals surface area contributed by atoms with Crippen LogP contribution in [0.25, 0.3) is 44.9 Å². The first-order chi connectivity index (χ1) is 17.9. The van der Waals surface area contributed by atoms with E-state index in [4.69, 9.17) is 0 Å². The standard InChI is InChI=1S/C16H10N2.C14H9N4.Ir/c1-2-5-13(6-3-1)14-7-4-8-15(11-14)16-12-17-9-10-18-16;1-2-11(13-9-15-4-6-17-13)8-12(3-1)14-10-16-5-7-18-14;/h1-5,7-10,12H;1-7,9-10H;/q-2;-1;+3. The number of rotatable bonds is 4. The predicted molar refractivity (Wildman–Crippen MR) is 138 cm³/mol. The Morgan fingerprint density at radius 1 is 0.432 bits per heavy atom. The Kier molecular flexibility index (Phi) is 9.02. The maximum absolute atomic E-state index is 4.28. The molecule has 178 valence electrons. The zero-order chi connectivity index (χ0) is 24.4. The summed E-state index contributed by atoms with van der Waals surface area (Å²) in [5, 5.41) is 0. The Bertz CT molecular complexity index is 1290. The summed E-state index contributed by atoms with van der Waals surface area (Å²) in [6.45, 7) is 0. The van der Waals surface area contributed by atoms with Crippen molar-refractivity contribution in [2.24, 2.45) is 0 Å². The van der Waals surface area contributed by atoms with Gasteiger partial charge in [0.1, 0.15) is 0 Å². The summed E-state index contributed by atoms with van der Waals surface area (Å²) >= 11 is 0. The third-order valence-electron chi connectivity index (χ3n) is 5.11. The largest absolute Gasteiger partial charge is 3.00 e. The summed E-state index contributed by atoms with van der Waals surface area (Å²) in [6.07, 6.45) is 15.1. The number of aromatic nitrogens is 6. The second-order valence-corrected chi connectivity index (χ2v) is 7.50. The minimum atomic E-state index is 0. The van der Waals surface area contributed by atoms with E-state index in [9.17, 15) is 0 Å². The van der Waals surface area contributed by atoms with Gasteiger partial charge in [-0.3, -0.25) is 29.9 Å². The number of nitrogens with zero attached hydrogens (tertiary/aromatic N) is 6. The molecule has 3 aromatic heterocycles. The van der Waals surface area contributed by atoms with Crippen LogP contribution >= 0.6 is 0 Å². The van der Waals surface area contributed by atoms with Gasteiger partial charge >= 0.3 is 20.1 Å². The molecule has 3 aromatic carbocycles. The predicted octanol–water partition coefficient (Wildman–Crippen LogP) is 5.81. The maximum atomic E-state index is 4.28. The first kappa shape index (κ1) is 25.6. The molecule has 0 aliphatic rings. The molecule has 0 radical (unpaired) electrons. The van der Waals surface area contributed by atoms with Crippen LogP contribution in [0.15, 0.2) is 116 Å². The Hall–Kier alpha value is -4.45. The van der Waals surface area contributed by atoms with Crippen molar-refractivity contribution in [3.8, 4) is 44.9 Å². The summed E-state index contributed by atoms with van der Waals surface area (Å²) in [5.74, 6) is 0. The van der Waals surface area contributed by atoms with Crippen LogP contribution in [0.5, 0.6) is 0 Å². The molecule has 0 aliphatic carbocycles. The monoisotopic (exact) mass is 656 g/mol. The molecule has 0 aliphatic heterocycles. The van der Waals surface area contributed by atoms with Gasteiger partial charge in [0.25, 0.3) is 0 Å². The van der Waals surface area contributed by atoms with Gasteiger partial charge < -0.3 is 0 Å². The molecule has 6 rings (SSSR count). The summed E-state index contributed by atoms with van der Waals surface area (Å²) in [7, 11) is 0. The van der Waals surface area contributed by atoms with E-state index >= 15 is 0 Å². The second-order valence-electron chi connectivity index (χ2n) is 7.50. The Morgan fingerprint density at radius 3 is 1.27 bits per heavy atom. The zero-order valence-electron chi connectivity index (χ0n) is 19.5. The van der Waals surface area contributed by atoms with E-state index in [0.29, 0.717) is 0 Å². The average Bonchev–Trinajstić information content (AvgIpc) is 2.99. The molecule has 0 fully saturated rings. The van der Waals surface area contributed by atoms with Crippen molar-refractivity contribution >= 4 is 0 Å². The minimum absolute atomic E-state index is 0. The molecule has 0 amide bonds. The molecule has 0 saturated heterocycles. The van der Waals surface area contributed by atoms with E-state index in [1.807, 2.05) is 60.7 Å². The first-order valence-electron chi connectivity index (χ1n) is 11.2. The molecule has 3 heterocycles. The summed E-state index contributed by atoms with van der Waals surface area (Å²) < 4.78 is 0. The van der Waals surface area contributed by atoms with Crippen LogP contribution in [0.2, 0.25) is 0 Å². The molecule has 37 heavy (non-hydrogen) atoms. The maximum Gasteiger partial charge on any atom is 3.00 e. The fourth-order valence-electron chi connectivity index (χ4n) is 3.42. The van der Waals surface area contributed by atoms with Gasteiger partial charge in [-0.05, 0) is 0 Å². The van der Waals surface area contributed by atoms with E-state index in [2.05, 4.69) is 48.1 Å². The third kappa shape index (κ3) is 6.82. The SMILES string of the molecule is [Ir+3].[c-]1c(-c2cnccn2)cccc1-c1cnccn1.[c-]1ccccc1-c1[c-]c(-c2cnccn2)ccc1. The van der Waals surface area contributed by atoms with Gasteiger partial charge in [0.05, 0.1) is 0 Å².